The highest BCUT2D eigenvalue weighted by Crippen LogP contribution is 2.25. The first-order valence-corrected chi connectivity index (χ1v) is 8.02. The predicted molar refractivity (Wildman–Crippen MR) is 83.2 cm³/mol. The fraction of sp³-hybridized carbons (Fsp3) is 0.562. The molecule has 1 aliphatic heterocycles. The number of benzene rings is 1. The van der Waals surface area contributed by atoms with Crippen molar-refractivity contribution >= 4 is 17.7 Å². The largest absolute Gasteiger partial charge is 0.380 e. The molecule has 1 amide bonds. The van der Waals surface area contributed by atoms with Gasteiger partial charge in [0.15, 0.2) is 0 Å². The second-order valence-corrected chi connectivity index (χ2v) is 7.09. The summed E-state index contributed by atoms with van der Waals surface area (Å²) in [5.74, 6) is 0.955. The third kappa shape index (κ3) is 4.25. The van der Waals surface area contributed by atoms with Gasteiger partial charge in [-0.15, -0.1) is 11.8 Å². The van der Waals surface area contributed by atoms with Crippen molar-refractivity contribution < 1.29 is 9.53 Å². The van der Waals surface area contributed by atoms with Gasteiger partial charge in [-0.05, 0) is 37.1 Å². The maximum absolute atomic E-state index is 11.8. The van der Waals surface area contributed by atoms with Crippen LogP contribution >= 0.6 is 11.8 Å². The molecule has 0 bridgehead atoms. The molecule has 1 fully saturated rings. The van der Waals surface area contributed by atoms with E-state index >= 15 is 0 Å². The van der Waals surface area contributed by atoms with Crippen LogP contribution in [-0.4, -0.2) is 31.4 Å². The predicted octanol–water partition coefficient (Wildman–Crippen LogP) is 2.94. The average Bonchev–Trinajstić information content (AvgIpc) is 2.38. The van der Waals surface area contributed by atoms with E-state index in [1.165, 1.54) is 16.0 Å². The molecular formula is C16H23NO2S. The van der Waals surface area contributed by atoms with Crippen molar-refractivity contribution in [3.8, 4) is 0 Å². The molecular weight excluding hydrogens is 270 g/mol. The van der Waals surface area contributed by atoms with Gasteiger partial charge in [-0.3, -0.25) is 4.79 Å². The summed E-state index contributed by atoms with van der Waals surface area (Å²) < 4.78 is 5.17. The molecule has 0 spiro atoms. The number of carbonyl (C=O) groups excluding carboxylic acids is 1. The minimum absolute atomic E-state index is 0.134. The van der Waals surface area contributed by atoms with Gasteiger partial charge in [-0.25, -0.2) is 0 Å². The Morgan fingerprint density at radius 1 is 1.35 bits per heavy atom. The van der Waals surface area contributed by atoms with Gasteiger partial charge in [-0.2, -0.15) is 0 Å². The molecule has 0 aliphatic carbocycles. The number of hydrogen-bond donors (Lipinski definition) is 1. The van der Waals surface area contributed by atoms with Gasteiger partial charge in [0, 0.05) is 29.0 Å². The van der Waals surface area contributed by atoms with Crippen LogP contribution in [-0.2, 0) is 9.53 Å². The third-order valence-corrected chi connectivity index (χ3v) is 4.69. The Bertz CT molecular complexity index is 483. The van der Waals surface area contributed by atoms with Gasteiger partial charge < -0.3 is 10.1 Å². The van der Waals surface area contributed by atoms with Crippen molar-refractivity contribution in [1.29, 1.82) is 0 Å². The van der Waals surface area contributed by atoms with Crippen LogP contribution in [0.3, 0.4) is 0 Å². The summed E-state index contributed by atoms with van der Waals surface area (Å²) in [6.45, 7) is 8.60. The van der Waals surface area contributed by atoms with Crippen LogP contribution in [0.2, 0.25) is 0 Å². The average molecular weight is 293 g/mol. The molecule has 0 saturated carbocycles. The van der Waals surface area contributed by atoms with Crippen LogP contribution in [0.25, 0.3) is 0 Å². The topological polar surface area (TPSA) is 38.3 Å². The highest BCUT2D eigenvalue weighted by Gasteiger charge is 2.33. The fourth-order valence-corrected chi connectivity index (χ4v) is 2.97. The van der Waals surface area contributed by atoms with Gasteiger partial charge in [0.1, 0.15) is 0 Å². The molecule has 3 nitrogen and oxygen atoms in total. The number of aryl methyl sites for hydroxylation is 2. The van der Waals surface area contributed by atoms with Crippen molar-refractivity contribution in [2.45, 2.75) is 32.1 Å². The standard InChI is InChI=1S/C16H23NO2S/c1-12-4-5-14(8-13(12)2)20-7-6-15(18)17-9-16(3)10-19-11-16/h4-5,8H,6-7,9-11H2,1-3H3,(H,17,18). The second-order valence-electron chi connectivity index (χ2n) is 5.92. The van der Waals surface area contributed by atoms with Gasteiger partial charge in [-0.1, -0.05) is 13.0 Å². The van der Waals surface area contributed by atoms with Crippen LogP contribution in [0.15, 0.2) is 23.1 Å². The van der Waals surface area contributed by atoms with E-state index in [1.807, 2.05) is 0 Å². The molecule has 0 unspecified atom stereocenters. The van der Waals surface area contributed by atoms with Crippen LogP contribution in [0.4, 0.5) is 0 Å². The lowest BCUT2D eigenvalue weighted by molar-refractivity contribution is -0.126. The van der Waals surface area contributed by atoms with Crippen molar-refractivity contribution in [1.82, 2.24) is 5.32 Å². The molecule has 4 heteroatoms. The van der Waals surface area contributed by atoms with Crippen LogP contribution in [0.1, 0.15) is 24.5 Å². The Morgan fingerprint density at radius 3 is 2.70 bits per heavy atom. The number of hydrogen-bond acceptors (Lipinski definition) is 3. The van der Waals surface area contributed by atoms with E-state index < -0.39 is 0 Å². The van der Waals surface area contributed by atoms with Crippen molar-refractivity contribution in [3.05, 3.63) is 29.3 Å². The van der Waals surface area contributed by atoms with Crippen LogP contribution < -0.4 is 5.32 Å². The quantitative estimate of drug-likeness (QED) is 0.820. The minimum atomic E-state index is 0.134. The Labute approximate surface area is 125 Å². The van der Waals surface area contributed by atoms with E-state index in [-0.39, 0.29) is 11.3 Å². The fourth-order valence-electron chi connectivity index (χ4n) is 2.02. The zero-order chi connectivity index (χ0) is 14.6. The van der Waals surface area contributed by atoms with E-state index in [0.717, 1.165) is 25.5 Å². The second kappa shape index (κ2) is 6.64. The van der Waals surface area contributed by atoms with E-state index in [4.69, 9.17) is 4.74 Å². The number of rotatable bonds is 6. The molecule has 1 heterocycles. The number of nitrogens with one attached hydrogen (secondary N) is 1. The zero-order valence-corrected chi connectivity index (χ0v) is 13.3. The summed E-state index contributed by atoms with van der Waals surface area (Å²) in [4.78, 5) is 13.0. The summed E-state index contributed by atoms with van der Waals surface area (Å²) in [6, 6.07) is 6.44. The van der Waals surface area contributed by atoms with Gasteiger partial charge in [0.25, 0.3) is 0 Å². The van der Waals surface area contributed by atoms with Crippen molar-refractivity contribution in [3.63, 3.8) is 0 Å². The molecule has 1 N–H and O–H groups in total. The van der Waals surface area contributed by atoms with Gasteiger partial charge >= 0.3 is 0 Å². The van der Waals surface area contributed by atoms with Gasteiger partial charge in [0.05, 0.1) is 13.2 Å². The lowest BCUT2D eigenvalue weighted by Gasteiger charge is -2.38. The molecule has 1 saturated heterocycles. The normalized spacial score (nSPS) is 16.6. The summed E-state index contributed by atoms with van der Waals surface area (Å²) in [6.07, 6.45) is 0.564. The SMILES string of the molecule is Cc1ccc(SCCC(=O)NCC2(C)COC2)cc1C. The summed E-state index contributed by atoms with van der Waals surface area (Å²) in [5, 5.41) is 3.00. The Kier molecular flexibility index (Phi) is 5.11. The Morgan fingerprint density at radius 2 is 2.10 bits per heavy atom. The molecule has 110 valence electrons. The first-order chi connectivity index (χ1) is 9.48. The molecule has 0 atom stereocenters. The summed E-state index contributed by atoms with van der Waals surface area (Å²) in [7, 11) is 0. The Balaban J connectivity index is 1.67. The molecule has 2 rings (SSSR count). The maximum atomic E-state index is 11.8. The van der Waals surface area contributed by atoms with Gasteiger partial charge in [0.2, 0.25) is 5.91 Å². The molecule has 1 aromatic rings. The lowest BCUT2D eigenvalue weighted by Crippen LogP contribution is -2.48. The molecule has 1 aromatic carbocycles. The van der Waals surface area contributed by atoms with Crippen LogP contribution in [0.5, 0.6) is 0 Å². The highest BCUT2D eigenvalue weighted by molar-refractivity contribution is 7.99. The van der Waals surface area contributed by atoms with Crippen LogP contribution in [0, 0.1) is 19.3 Å². The first-order valence-electron chi connectivity index (χ1n) is 7.03. The van der Waals surface area contributed by atoms with Crippen molar-refractivity contribution in [2.75, 3.05) is 25.5 Å². The van der Waals surface area contributed by atoms with E-state index in [2.05, 4.69) is 44.3 Å². The molecule has 0 aromatic heterocycles. The number of thioether (sulfide) groups is 1. The summed E-state index contributed by atoms with van der Waals surface area (Å²) >= 11 is 1.74. The smallest absolute Gasteiger partial charge is 0.220 e. The number of ether oxygens (including phenoxy) is 1. The molecule has 20 heavy (non-hydrogen) atoms. The number of amides is 1. The summed E-state index contributed by atoms with van der Waals surface area (Å²) in [5.41, 5.74) is 2.76. The van der Waals surface area contributed by atoms with E-state index in [1.54, 1.807) is 11.8 Å². The third-order valence-electron chi connectivity index (χ3n) is 3.69. The number of carbonyl (C=O) groups is 1. The Hall–Kier alpha value is -1.00. The zero-order valence-electron chi connectivity index (χ0n) is 12.5. The monoisotopic (exact) mass is 293 g/mol. The van der Waals surface area contributed by atoms with E-state index in [9.17, 15) is 4.79 Å². The minimum Gasteiger partial charge on any atom is -0.380 e. The lowest BCUT2D eigenvalue weighted by atomic mass is 9.89. The van der Waals surface area contributed by atoms with Crippen molar-refractivity contribution in [2.24, 2.45) is 5.41 Å². The highest BCUT2D eigenvalue weighted by atomic mass is 32.2. The molecule has 0 radical (unpaired) electrons. The maximum Gasteiger partial charge on any atom is 0.220 e. The first kappa shape index (κ1) is 15.4. The molecule has 1 aliphatic rings. The van der Waals surface area contributed by atoms with E-state index in [0.29, 0.717) is 6.42 Å².